The number of amides is 1. The number of anilines is 2. The van der Waals surface area contributed by atoms with E-state index in [2.05, 4.69) is 9.80 Å². The van der Waals surface area contributed by atoms with Crippen LogP contribution in [0.4, 0.5) is 10.8 Å². The summed E-state index contributed by atoms with van der Waals surface area (Å²) in [5.41, 5.74) is 2.79. The molecule has 0 bridgehead atoms. The fourth-order valence-corrected chi connectivity index (χ4v) is 5.31. The topological polar surface area (TPSA) is 66.0 Å². The first-order valence-electron chi connectivity index (χ1n) is 10.9. The number of carbonyl (C=O) groups excluding carboxylic acids is 2. The second-order valence-electron chi connectivity index (χ2n) is 8.35. The molecule has 1 aromatic heterocycles. The third kappa shape index (κ3) is 3.90. The van der Waals surface area contributed by atoms with E-state index in [1.165, 1.54) is 0 Å². The number of hydrogen-bond donors (Lipinski definition) is 0. The van der Waals surface area contributed by atoms with Crippen molar-refractivity contribution in [2.24, 2.45) is 5.92 Å². The summed E-state index contributed by atoms with van der Waals surface area (Å²) in [6, 6.07) is 13.6. The molecule has 2 fully saturated rings. The molecule has 7 nitrogen and oxygen atoms in total. The fraction of sp³-hybridized carbons (Fsp3) is 0.375. The van der Waals surface area contributed by atoms with Crippen LogP contribution in [0.15, 0.2) is 42.5 Å². The lowest BCUT2D eigenvalue weighted by Crippen LogP contribution is -2.58. The fourth-order valence-electron chi connectivity index (χ4n) is 4.30. The van der Waals surface area contributed by atoms with E-state index in [0.717, 1.165) is 71.6 Å². The number of Topliss-reactive ketones (excluding diaryl/α,β-unsaturated/α-hetero) is 1. The normalized spacial score (nSPS) is 16.9. The molecule has 2 saturated heterocycles. The third-order valence-corrected chi connectivity index (χ3v) is 7.39. The Morgan fingerprint density at radius 3 is 2.38 bits per heavy atom. The highest BCUT2D eigenvalue weighted by atomic mass is 32.1. The number of aromatic nitrogens is 1. The molecular formula is C24H26N4O3S. The van der Waals surface area contributed by atoms with Gasteiger partial charge in [-0.3, -0.25) is 9.59 Å². The van der Waals surface area contributed by atoms with Gasteiger partial charge in [-0.15, -0.1) is 0 Å². The Kier molecular flexibility index (Phi) is 5.46. The maximum atomic E-state index is 13.0. The van der Waals surface area contributed by atoms with Crippen LogP contribution >= 0.6 is 11.3 Å². The SMILES string of the molecule is COc1ccc2nc(N3CC(C(=O)N4CCN(c5ccc(C(C)=O)cc5)CC4)C3)sc2c1. The molecule has 32 heavy (non-hydrogen) atoms. The lowest BCUT2D eigenvalue weighted by Gasteiger charge is -2.43. The van der Waals surface area contributed by atoms with E-state index in [0.29, 0.717) is 0 Å². The molecule has 3 aromatic rings. The summed E-state index contributed by atoms with van der Waals surface area (Å²) in [5.74, 6) is 1.19. The molecule has 0 radical (unpaired) electrons. The van der Waals surface area contributed by atoms with Crippen LogP contribution in [0.25, 0.3) is 10.2 Å². The molecule has 0 unspecified atom stereocenters. The predicted octanol–water partition coefficient (Wildman–Crippen LogP) is 3.29. The molecular weight excluding hydrogens is 424 g/mol. The van der Waals surface area contributed by atoms with Crippen LogP contribution in [-0.4, -0.2) is 68.0 Å². The van der Waals surface area contributed by atoms with E-state index in [-0.39, 0.29) is 17.6 Å². The number of piperazine rings is 1. The second kappa shape index (κ2) is 8.43. The molecule has 2 aromatic carbocycles. The summed E-state index contributed by atoms with van der Waals surface area (Å²) in [7, 11) is 1.67. The summed E-state index contributed by atoms with van der Waals surface area (Å²) >= 11 is 1.64. The van der Waals surface area contributed by atoms with Crippen molar-refractivity contribution in [1.82, 2.24) is 9.88 Å². The molecule has 0 spiro atoms. The number of ether oxygens (including phenoxy) is 1. The Morgan fingerprint density at radius 1 is 1.00 bits per heavy atom. The standard InChI is InChI=1S/C24H26N4O3S/c1-16(29)17-3-5-19(6-4-17)26-9-11-27(12-10-26)23(30)18-14-28(15-18)24-25-21-8-7-20(31-2)13-22(21)32-24/h3-8,13,18H,9-12,14-15H2,1-2H3. The van der Waals surface area contributed by atoms with Crippen molar-refractivity contribution in [3.63, 3.8) is 0 Å². The van der Waals surface area contributed by atoms with Crippen LogP contribution in [0.2, 0.25) is 0 Å². The highest BCUT2D eigenvalue weighted by Gasteiger charge is 2.37. The molecule has 1 amide bonds. The first-order valence-corrected chi connectivity index (χ1v) is 11.7. The van der Waals surface area contributed by atoms with Crippen molar-refractivity contribution in [1.29, 1.82) is 0 Å². The number of carbonyl (C=O) groups is 2. The Labute approximate surface area is 191 Å². The molecule has 2 aliphatic heterocycles. The average Bonchev–Trinajstić information content (AvgIpc) is 3.20. The molecule has 0 atom stereocenters. The van der Waals surface area contributed by atoms with E-state index < -0.39 is 0 Å². The smallest absolute Gasteiger partial charge is 0.229 e. The molecule has 166 valence electrons. The van der Waals surface area contributed by atoms with Crippen molar-refractivity contribution in [2.75, 3.05) is 56.2 Å². The van der Waals surface area contributed by atoms with Crippen molar-refractivity contribution in [3.8, 4) is 5.75 Å². The number of hydrogen-bond acceptors (Lipinski definition) is 7. The molecule has 8 heteroatoms. The predicted molar refractivity (Wildman–Crippen MR) is 127 cm³/mol. The van der Waals surface area contributed by atoms with Crippen LogP contribution in [-0.2, 0) is 4.79 Å². The van der Waals surface area contributed by atoms with Gasteiger partial charge >= 0.3 is 0 Å². The average molecular weight is 451 g/mol. The monoisotopic (exact) mass is 450 g/mol. The quantitative estimate of drug-likeness (QED) is 0.556. The van der Waals surface area contributed by atoms with Crippen LogP contribution in [0, 0.1) is 5.92 Å². The van der Waals surface area contributed by atoms with E-state index in [4.69, 9.17) is 9.72 Å². The van der Waals surface area contributed by atoms with Gasteiger partial charge in [0.1, 0.15) is 5.75 Å². The highest BCUT2D eigenvalue weighted by molar-refractivity contribution is 7.22. The lowest BCUT2D eigenvalue weighted by molar-refractivity contribution is -0.136. The zero-order chi connectivity index (χ0) is 22.2. The van der Waals surface area contributed by atoms with Crippen LogP contribution in [0.5, 0.6) is 5.75 Å². The Bertz CT molecular complexity index is 1150. The minimum atomic E-state index is 0.0398. The van der Waals surface area contributed by atoms with Gasteiger partial charge in [-0.2, -0.15) is 0 Å². The van der Waals surface area contributed by atoms with Gasteiger partial charge in [0, 0.05) is 50.5 Å². The van der Waals surface area contributed by atoms with Gasteiger partial charge in [0.25, 0.3) is 0 Å². The summed E-state index contributed by atoms with van der Waals surface area (Å²) < 4.78 is 6.40. The largest absolute Gasteiger partial charge is 0.497 e. The second-order valence-corrected chi connectivity index (χ2v) is 9.36. The highest BCUT2D eigenvalue weighted by Crippen LogP contribution is 2.35. The van der Waals surface area contributed by atoms with Crippen LogP contribution in [0.1, 0.15) is 17.3 Å². The zero-order valence-corrected chi connectivity index (χ0v) is 19.1. The molecule has 0 N–H and O–H groups in total. The zero-order valence-electron chi connectivity index (χ0n) is 18.3. The summed E-state index contributed by atoms with van der Waals surface area (Å²) in [5, 5.41) is 0.969. The van der Waals surface area contributed by atoms with Crippen LogP contribution < -0.4 is 14.5 Å². The first-order chi connectivity index (χ1) is 15.5. The number of rotatable bonds is 5. The van der Waals surface area contributed by atoms with Crippen molar-refractivity contribution < 1.29 is 14.3 Å². The number of benzene rings is 2. The summed E-state index contributed by atoms with van der Waals surface area (Å²) in [6.07, 6.45) is 0. The van der Waals surface area contributed by atoms with Gasteiger partial charge in [0.2, 0.25) is 5.91 Å². The van der Waals surface area contributed by atoms with Crippen molar-refractivity contribution in [3.05, 3.63) is 48.0 Å². The van der Waals surface area contributed by atoms with Crippen LogP contribution in [0.3, 0.4) is 0 Å². The number of thiazole rings is 1. The minimum Gasteiger partial charge on any atom is -0.497 e. The minimum absolute atomic E-state index is 0.0398. The molecule has 0 saturated carbocycles. The Morgan fingerprint density at radius 2 is 1.72 bits per heavy atom. The van der Waals surface area contributed by atoms with Gasteiger partial charge < -0.3 is 19.4 Å². The number of ketones is 1. The maximum absolute atomic E-state index is 13.0. The Balaban J connectivity index is 1.14. The summed E-state index contributed by atoms with van der Waals surface area (Å²) in [4.78, 5) is 35.6. The van der Waals surface area contributed by atoms with E-state index >= 15 is 0 Å². The number of nitrogens with zero attached hydrogens (tertiary/aromatic N) is 4. The number of fused-ring (bicyclic) bond motifs is 1. The molecule has 5 rings (SSSR count). The van der Waals surface area contributed by atoms with Gasteiger partial charge in [0.05, 0.1) is 23.2 Å². The van der Waals surface area contributed by atoms with E-state index in [1.807, 2.05) is 47.4 Å². The van der Waals surface area contributed by atoms with Crippen molar-refractivity contribution >= 4 is 44.1 Å². The van der Waals surface area contributed by atoms with Gasteiger partial charge in [-0.1, -0.05) is 11.3 Å². The third-order valence-electron chi connectivity index (χ3n) is 6.32. The molecule has 2 aliphatic rings. The van der Waals surface area contributed by atoms with E-state index in [9.17, 15) is 9.59 Å². The lowest BCUT2D eigenvalue weighted by atomic mass is 9.99. The molecule has 3 heterocycles. The van der Waals surface area contributed by atoms with Crippen molar-refractivity contribution in [2.45, 2.75) is 6.92 Å². The van der Waals surface area contributed by atoms with Gasteiger partial charge in [0.15, 0.2) is 10.9 Å². The summed E-state index contributed by atoms with van der Waals surface area (Å²) in [6.45, 7) is 6.10. The van der Waals surface area contributed by atoms with E-state index in [1.54, 1.807) is 25.4 Å². The first kappa shape index (κ1) is 20.8. The maximum Gasteiger partial charge on any atom is 0.229 e. The Hall–Kier alpha value is -3.13. The molecule has 0 aliphatic carbocycles. The van der Waals surface area contributed by atoms with Gasteiger partial charge in [-0.05, 0) is 49.4 Å². The number of methoxy groups -OCH3 is 1. The van der Waals surface area contributed by atoms with Gasteiger partial charge in [-0.25, -0.2) is 4.98 Å².